The van der Waals surface area contributed by atoms with Gasteiger partial charge in [-0.2, -0.15) is 0 Å². The number of carbonyl (C=O) groups excluding carboxylic acids is 1. The zero-order valence-corrected chi connectivity index (χ0v) is 15.9. The average Bonchev–Trinajstić information content (AvgIpc) is 3.03. The maximum absolute atomic E-state index is 13.1. The van der Waals surface area contributed by atoms with Crippen LogP contribution in [0.15, 0.2) is 47.4 Å². The van der Waals surface area contributed by atoms with Crippen LogP contribution in [0.2, 0.25) is 0 Å². The molecule has 0 aliphatic heterocycles. The van der Waals surface area contributed by atoms with Crippen molar-refractivity contribution in [2.24, 2.45) is 0 Å². The van der Waals surface area contributed by atoms with E-state index in [0.29, 0.717) is 13.1 Å². The summed E-state index contributed by atoms with van der Waals surface area (Å²) < 4.78 is 0. The van der Waals surface area contributed by atoms with Gasteiger partial charge < -0.3 is 9.88 Å². The van der Waals surface area contributed by atoms with E-state index in [1.54, 1.807) is 28.5 Å². The van der Waals surface area contributed by atoms with Gasteiger partial charge in [0, 0.05) is 21.6 Å². The Balaban J connectivity index is 1.95. The first kappa shape index (κ1) is 18.1. The van der Waals surface area contributed by atoms with Gasteiger partial charge in [-0.15, -0.1) is 11.3 Å². The van der Waals surface area contributed by atoms with E-state index in [-0.39, 0.29) is 17.0 Å². The number of aryl methyl sites for hydroxylation is 3. The van der Waals surface area contributed by atoms with Crippen molar-refractivity contribution in [1.29, 1.82) is 0 Å². The van der Waals surface area contributed by atoms with Gasteiger partial charge in [-0.25, -0.2) is 0 Å². The van der Waals surface area contributed by atoms with Crippen LogP contribution in [0.25, 0.3) is 0 Å². The Morgan fingerprint density at radius 3 is 2.62 bits per heavy atom. The number of nitrogens with one attached hydrogen (secondary N) is 1. The first-order valence-electron chi connectivity index (χ1n) is 8.39. The summed E-state index contributed by atoms with van der Waals surface area (Å²) >= 11 is 1.65. The molecule has 0 bridgehead atoms. The van der Waals surface area contributed by atoms with Crippen LogP contribution in [0.1, 0.15) is 37.1 Å². The summed E-state index contributed by atoms with van der Waals surface area (Å²) in [5.74, 6) is -0.286. The van der Waals surface area contributed by atoms with E-state index < -0.39 is 0 Å². The summed E-state index contributed by atoms with van der Waals surface area (Å²) in [4.78, 5) is 36.5. The summed E-state index contributed by atoms with van der Waals surface area (Å²) in [6.07, 6.45) is 1.70. The lowest BCUT2D eigenvalue weighted by Crippen LogP contribution is -2.34. The highest BCUT2D eigenvalue weighted by Crippen LogP contribution is 2.19. The molecule has 3 rings (SSSR count). The van der Waals surface area contributed by atoms with E-state index in [9.17, 15) is 9.59 Å². The van der Waals surface area contributed by atoms with Crippen LogP contribution < -0.4 is 5.56 Å². The Labute approximate surface area is 156 Å². The molecular weight excluding hydrogens is 346 g/mol. The summed E-state index contributed by atoms with van der Waals surface area (Å²) in [6, 6.07) is 11.3. The fourth-order valence-electron chi connectivity index (χ4n) is 2.70. The van der Waals surface area contributed by atoms with Crippen LogP contribution in [0, 0.1) is 20.8 Å². The van der Waals surface area contributed by atoms with E-state index in [2.05, 4.69) is 9.97 Å². The number of thiophene rings is 1. The summed E-state index contributed by atoms with van der Waals surface area (Å²) in [7, 11) is 0. The molecule has 3 aromatic heterocycles. The lowest BCUT2D eigenvalue weighted by Gasteiger charge is -2.22. The van der Waals surface area contributed by atoms with Crippen molar-refractivity contribution in [3.05, 3.63) is 85.2 Å². The van der Waals surface area contributed by atoms with Crippen molar-refractivity contribution >= 4 is 17.2 Å². The summed E-state index contributed by atoms with van der Waals surface area (Å²) in [5.41, 5.74) is 2.26. The normalized spacial score (nSPS) is 10.7. The minimum absolute atomic E-state index is 0.164. The number of hydrogen-bond acceptors (Lipinski definition) is 4. The topological polar surface area (TPSA) is 66.1 Å². The predicted octanol–water partition coefficient (Wildman–Crippen LogP) is 3.60. The molecule has 0 atom stereocenters. The van der Waals surface area contributed by atoms with Crippen molar-refractivity contribution < 1.29 is 4.79 Å². The summed E-state index contributed by atoms with van der Waals surface area (Å²) in [5, 5.41) is 0. The number of rotatable bonds is 5. The van der Waals surface area contributed by atoms with E-state index in [0.717, 1.165) is 21.8 Å². The SMILES string of the molecule is Cc1ccc(CN(Cc2ccccn2)C(=O)c2cc(C)c(C)[nH]c2=O)s1. The molecule has 1 N–H and O–H groups in total. The smallest absolute Gasteiger partial charge is 0.261 e. The monoisotopic (exact) mass is 367 g/mol. The van der Waals surface area contributed by atoms with Crippen molar-refractivity contribution in [1.82, 2.24) is 14.9 Å². The number of aromatic amines is 1. The lowest BCUT2D eigenvalue weighted by atomic mass is 10.1. The molecule has 3 aromatic rings. The maximum atomic E-state index is 13.1. The number of hydrogen-bond donors (Lipinski definition) is 1. The minimum Gasteiger partial charge on any atom is -0.327 e. The molecular formula is C20H21N3O2S. The summed E-state index contributed by atoms with van der Waals surface area (Å²) in [6.45, 7) is 6.54. The highest BCUT2D eigenvalue weighted by atomic mass is 32.1. The van der Waals surface area contributed by atoms with Crippen molar-refractivity contribution in [3.63, 3.8) is 0 Å². The molecule has 6 heteroatoms. The van der Waals surface area contributed by atoms with Crippen LogP contribution >= 0.6 is 11.3 Å². The molecule has 0 spiro atoms. The molecule has 5 nitrogen and oxygen atoms in total. The highest BCUT2D eigenvalue weighted by Gasteiger charge is 2.21. The van der Waals surface area contributed by atoms with Crippen LogP contribution in [0.3, 0.4) is 0 Å². The molecule has 26 heavy (non-hydrogen) atoms. The fourth-order valence-corrected chi connectivity index (χ4v) is 3.61. The molecule has 0 fully saturated rings. The van der Waals surface area contributed by atoms with Crippen molar-refractivity contribution in [3.8, 4) is 0 Å². The number of pyridine rings is 2. The van der Waals surface area contributed by atoms with Gasteiger partial charge in [0.05, 0.1) is 18.8 Å². The van der Waals surface area contributed by atoms with E-state index in [1.807, 2.05) is 51.1 Å². The number of amides is 1. The maximum Gasteiger partial charge on any atom is 0.261 e. The number of carbonyl (C=O) groups is 1. The first-order valence-corrected chi connectivity index (χ1v) is 9.20. The number of H-pyrrole nitrogens is 1. The molecule has 0 saturated heterocycles. The molecule has 0 aliphatic rings. The molecule has 0 aromatic carbocycles. The number of aromatic nitrogens is 2. The Morgan fingerprint density at radius 2 is 1.96 bits per heavy atom. The van der Waals surface area contributed by atoms with Crippen molar-refractivity contribution in [2.75, 3.05) is 0 Å². The van der Waals surface area contributed by atoms with E-state index >= 15 is 0 Å². The van der Waals surface area contributed by atoms with Gasteiger partial charge in [0.1, 0.15) is 5.56 Å². The third-order valence-corrected chi connectivity index (χ3v) is 5.22. The molecule has 1 amide bonds. The average molecular weight is 367 g/mol. The second kappa shape index (κ2) is 7.66. The third kappa shape index (κ3) is 4.08. The van der Waals surface area contributed by atoms with Gasteiger partial charge in [0.25, 0.3) is 11.5 Å². The quantitative estimate of drug-likeness (QED) is 0.749. The van der Waals surface area contributed by atoms with Crippen LogP contribution in [-0.4, -0.2) is 20.8 Å². The lowest BCUT2D eigenvalue weighted by molar-refractivity contribution is 0.0727. The third-order valence-electron chi connectivity index (χ3n) is 4.24. The molecule has 134 valence electrons. The second-order valence-electron chi connectivity index (χ2n) is 6.31. The Bertz CT molecular complexity index is 976. The van der Waals surface area contributed by atoms with Gasteiger partial charge in [-0.05, 0) is 56.7 Å². The minimum atomic E-state index is -0.355. The molecule has 3 heterocycles. The molecule has 0 saturated carbocycles. The van der Waals surface area contributed by atoms with Crippen molar-refractivity contribution in [2.45, 2.75) is 33.9 Å². The Hall–Kier alpha value is -2.73. The van der Waals surface area contributed by atoms with Crippen LogP contribution in [-0.2, 0) is 13.1 Å². The van der Waals surface area contributed by atoms with Gasteiger partial charge in [-0.3, -0.25) is 14.6 Å². The van der Waals surface area contributed by atoms with Gasteiger partial charge in [-0.1, -0.05) is 6.07 Å². The number of nitrogens with zero attached hydrogens (tertiary/aromatic N) is 2. The van der Waals surface area contributed by atoms with E-state index in [4.69, 9.17) is 0 Å². The second-order valence-corrected chi connectivity index (χ2v) is 7.69. The van der Waals surface area contributed by atoms with Crippen LogP contribution in [0.4, 0.5) is 0 Å². The van der Waals surface area contributed by atoms with Crippen LogP contribution in [0.5, 0.6) is 0 Å². The van der Waals surface area contributed by atoms with Gasteiger partial charge in [0.15, 0.2) is 0 Å². The Kier molecular flexibility index (Phi) is 5.32. The standard InChI is InChI=1S/C20H21N3O2S/c1-13-10-18(19(24)22-15(13)3)20(25)23(11-16-6-4-5-9-21-16)12-17-8-7-14(2)26-17/h4-10H,11-12H2,1-3H3,(H,22,24). The fraction of sp³-hybridized carbons (Fsp3) is 0.250. The van der Waals surface area contributed by atoms with Gasteiger partial charge >= 0.3 is 0 Å². The first-order chi connectivity index (χ1) is 12.4. The highest BCUT2D eigenvalue weighted by molar-refractivity contribution is 7.11. The molecule has 0 radical (unpaired) electrons. The predicted molar refractivity (Wildman–Crippen MR) is 103 cm³/mol. The molecule has 0 aliphatic carbocycles. The molecule has 0 unspecified atom stereocenters. The Morgan fingerprint density at radius 1 is 1.15 bits per heavy atom. The zero-order chi connectivity index (χ0) is 18.7. The van der Waals surface area contributed by atoms with Gasteiger partial charge in [0.2, 0.25) is 0 Å². The zero-order valence-electron chi connectivity index (χ0n) is 15.1. The van der Waals surface area contributed by atoms with E-state index in [1.165, 1.54) is 4.88 Å². The largest absolute Gasteiger partial charge is 0.327 e.